The van der Waals surface area contributed by atoms with E-state index < -0.39 is 0 Å². The molecule has 0 aromatic carbocycles. The molecule has 1 aliphatic carbocycles. The summed E-state index contributed by atoms with van der Waals surface area (Å²) in [6.45, 7) is 0.652. The van der Waals surface area contributed by atoms with Gasteiger partial charge in [0, 0.05) is 50.6 Å². The predicted octanol–water partition coefficient (Wildman–Crippen LogP) is 2.24. The molecule has 7 heteroatoms. The Kier molecular flexibility index (Phi) is 4.33. The summed E-state index contributed by atoms with van der Waals surface area (Å²) in [6.07, 6.45) is 8.92. The molecule has 4 rings (SSSR count). The Labute approximate surface area is 152 Å². The van der Waals surface area contributed by atoms with E-state index >= 15 is 0 Å². The second-order valence-electron chi connectivity index (χ2n) is 7.06. The van der Waals surface area contributed by atoms with Crippen molar-refractivity contribution in [2.45, 2.75) is 37.8 Å². The van der Waals surface area contributed by atoms with Crippen molar-refractivity contribution < 1.29 is 4.79 Å². The van der Waals surface area contributed by atoms with Crippen LogP contribution in [0.5, 0.6) is 0 Å². The van der Waals surface area contributed by atoms with Gasteiger partial charge in [-0.3, -0.25) is 4.79 Å². The number of nitriles is 1. The van der Waals surface area contributed by atoms with Crippen molar-refractivity contribution in [3.63, 3.8) is 0 Å². The highest BCUT2D eigenvalue weighted by atomic mass is 16.2. The van der Waals surface area contributed by atoms with Crippen LogP contribution in [0, 0.1) is 17.2 Å². The first kappa shape index (κ1) is 16.6. The SMILES string of the molecule is Cn1ccnc1[C@@H]1[C@@H](CNc2ncccc2C#N)CCC(=O)N1C1CC1. The fourth-order valence-corrected chi connectivity index (χ4v) is 3.84. The highest BCUT2D eigenvalue weighted by Crippen LogP contribution is 2.42. The minimum absolute atomic E-state index is 0.0366. The van der Waals surface area contributed by atoms with E-state index in [0.717, 1.165) is 25.1 Å². The second kappa shape index (κ2) is 6.79. The lowest BCUT2D eigenvalue weighted by Gasteiger charge is -2.41. The first-order valence-corrected chi connectivity index (χ1v) is 9.06. The van der Waals surface area contributed by atoms with Gasteiger partial charge in [0.15, 0.2) is 0 Å². The molecule has 1 amide bonds. The molecular weight excluding hydrogens is 328 g/mol. The van der Waals surface area contributed by atoms with E-state index in [1.165, 1.54) is 0 Å². The van der Waals surface area contributed by atoms with E-state index in [-0.39, 0.29) is 17.9 Å². The number of carbonyl (C=O) groups is 1. The van der Waals surface area contributed by atoms with Gasteiger partial charge in [0.05, 0.1) is 11.6 Å². The number of amides is 1. The summed E-state index contributed by atoms with van der Waals surface area (Å²) >= 11 is 0. The van der Waals surface area contributed by atoms with Gasteiger partial charge >= 0.3 is 0 Å². The summed E-state index contributed by atoms with van der Waals surface area (Å²) < 4.78 is 2.01. The molecule has 2 fully saturated rings. The summed E-state index contributed by atoms with van der Waals surface area (Å²) in [4.78, 5) is 23.5. The van der Waals surface area contributed by atoms with Crippen LogP contribution in [0.2, 0.25) is 0 Å². The van der Waals surface area contributed by atoms with Gasteiger partial charge in [0.1, 0.15) is 17.7 Å². The summed E-state index contributed by atoms with van der Waals surface area (Å²) in [5, 5.41) is 12.6. The number of carbonyl (C=O) groups excluding carboxylic acids is 1. The third-order valence-electron chi connectivity index (χ3n) is 5.29. The van der Waals surface area contributed by atoms with E-state index in [1.54, 1.807) is 24.5 Å². The van der Waals surface area contributed by atoms with Crippen LogP contribution in [-0.4, -0.2) is 37.9 Å². The number of hydrogen-bond acceptors (Lipinski definition) is 5. The normalized spacial score (nSPS) is 22.9. The third kappa shape index (κ3) is 3.03. The van der Waals surface area contributed by atoms with Crippen LogP contribution in [0.15, 0.2) is 30.7 Å². The molecule has 7 nitrogen and oxygen atoms in total. The topological polar surface area (TPSA) is 86.8 Å². The number of hydrogen-bond donors (Lipinski definition) is 1. The standard InChI is InChI=1S/C19H22N6O/c1-24-10-9-22-19(24)17-14(4-7-16(26)25(17)15-5-6-15)12-23-18-13(11-20)3-2-8-21-18/h2-3,8-10,14-15,17H,4-7,12H2,1H3,(H,21,23)/t14-,17+/m1/s1. The molecule has 0 unspecified atom stereocenters. The minimum atomic E-state index is -0.0366. The molecule has 26 heavy (non-hydrogen) atoms. The third-order valence-corrected chi connectivity index (χ3v) is 5.29. The maximum absolute atomic E-state index is 12.6. The van der Waals surface area contributed by atoms with Gasteiger partial charge in [-0.1, -0.05) is 0 Å². The van der Waals surface area contributed by atoms with Crippen LogP contribution in [-0.2, 0) is 11.8 Å². The predicted molar refractivity (Wildman–Crippen MR) is 96.0 cm³/mol. The number of nitrogens with zero attached hydrogens (tertiary/aromatic N) is 5. The number of imidazole rings is 1. The van der Waals surface area contributed by atoms with Gasteiger partial charge in [0.25, 0.3) is 0 Å². The highest BCUT2D eigenvalue weighted by molar-refractivity contribution is 5.78. The Hall–Kier alpha value is -2.88. The van der Waals surface area contributed by atoms with Crippen molar-refractivity contribution in [1.82, 2.24) is 19.4 Å². The molecule has 0 bridgehead atoms. The number of rotatable bonds is 5. The summed E-state index contributed by atoms with van der Waals surface area (Å²) in [5.41, 5.74) is 0.534. The van der Waals surface area contributed by atoms with Crippen molar-refractivity contribution in [3.8, 4) is 6.07 Å². The zero-order valence-corrected chi connectivity index (χ0v) is 14.8. The van der Waals surface area contributed by atoms with Crippen molar-refractivity contribution >= 4 is 11.7 Å². The maximum atomic E-state index is 12.6. The summed E-state index contributed by atoms with van der Waals surface area (Å²) in [5.74, 6) is 1.98. The molecule has 134 valence electrons. The Balaban J connectivity index is 1.60. The number of pyridine rings is 1. The smallest absolute Gasteiger partial charge is 0.223 e. The van der Waals surface area contributed by atoms with Gasteiger partial charge in [-0.25, -0.2) is 9.97 Å². The number of aryl methyl sites for hydroxylation is 1. The Morgan fingerprint density at radius 3 is 2.85 bits per heavy atom. The number of likely N-dealkylation sites (tertiary alicyclic amines) is 1. The Morgan fingerprint density at radius 1 is 1.31 bits per heavy atom. The van der Waals surface area contributed by atoms with E-state index in [9.17, 15) is 10.1 Å². The molecule has 0 spiro atoms. The molecule has 2 aliphatic rings. The molecule has 3 heterocycles. The van der Waals surface area contributed by atoms with Gasteiger partial charge < -0.3 is 14.8 Å². The van der Waals surface area contributed by atoms with Gasteiger partial charge in [-0.05, 0) is 31.4 Å². The molecule has 1 saturated heterocycles. The Bertz CT molecular complexity index is 850. The van der Waals surface area contributed by atoms with E-state index in [1.807, 2.05) is 17.8 Å². The average Bonchev–Trinajstić information content (AvgIpc) is 3.41. The van der Waals surface area contributed by atoms with Gasteiger partial charge in [0.2, 0.25) is 5.91 Å². The molecule has 1 saturated carbocycles. The van der Waals surface area contributed by atoms with Crippen LogP contribution in [0.4, 0.5) is 5.82 Å². The van der Waals surface area contributed by atoms with Crippen molar-refractivity contribution in [2.24, 2.45) is 13.0 Å². The molecule has 2 aromatic rings. The number of anilines is 1. The zero-order valence-electron chi connectivity index (χ0n) is 14.8. The molecular formula is C19H22N6O. The molecule has 1 aliphatic heterocycles. The van der Waals surface area contributed by atoms with Gasteiger partial charge in [-0.2, -0.15) is 5.26 Å². The minimum Gasteiger partial charge on any atom is -0.369 e. The van der Waals surface area contributed by atoms with E-state index in [2.05, 4.69) is 26.3 Å². The van der Waals surface area contributed by atoms with Crippen LogP contribution in [0.25, 0.3) is 0 Å². The van der Waals surface area contributed by atoms with Crippen LogP contribution >= 0.6 is 0 Å². The average molecular weight is 350 g/mol. The van der Waals surface area contributed by atoms with Gasteiger partial charge in [-0.15, -0.1) is 0 Å². The monoisotopic (exact) mass is 350 g/mol. The zero-order chi connectivity index (χ0) is 18.1. The fourth-order valence-electron chi connectivity index (χ4n) is 3.84. The summed E-state index contributed by atoms with van der Waals surface area (Å²) in [7, 11) is 1.98. The fraction of sp³-hybridized carbons (Fsp3) is 0.474. The first-order chi connectivity index (χ1) is 12.7. The number of aromatic nitrogens is 3. The first-order valence-electron chi connectivity index (χ1n) is 9.06. The van der Waals surface area contributed by atoms with Crippen LogP contribution < -0.4 is 5.32 Å². The number of piperidine rings is 1. The lowest BCUT2D eigenvalue weighted by atomic mass is 9.87. The molecule has 0 radical (unpaired) electrons. The van der Waals surface area contributed by atoms with Crippen molar-refractivity contribution in [2.75, 3.05) is 11.9 Å². The molecule has 2 aromatic heterocycles. The largest absolute Gasteiger partial charge is 0.369 e. The summed E-state index contributed by atoms with van der Waals surface area (Å²) in [6, 6.07) is 5.99. The van der Waals surface area contributed by atoms with E-state index in [0.29, 0.717) is 30.4 Å². The second-order valence-corrected chi connectivity index (χ2v) is 7.06. The molecule has 1 N–H and O–H groups in total. The maximum Gasteiger partial charge on any atom is 0.223 e. The van der Waals surface area contributed by atoms with Crippen molar-refractivity contribution in [1.29, 1.82) is 5.26 Å². The quantitative estimate of drug-likeness (QED) is 0.894. The van der Waals surface area contributed by atoms with Crippen LogP contribution in [0.1, 0.15) is 43.1 Å². The Morgan fingerprint density at radius 2 is 2.15 bits per heavy atom. The number of nitrogens with one attached hydrogen (secondary N) is 1. The lowest BCUT2D eigenvalue weighted by Crippen LogP contribution is -2.47. The highest BCUT2D eigenvalue weighted by Gasteiger charge is 2.45. The molecule has 2 atom stereocenters. The van der Waals surface area contributed by atoms with Crippen LogP contribution in [0.3, 0.4) is 0 Å². The lowest BCUT2D eigenvalue weighted by molar-refractivity contribution is -0.140. The van der Waals surface area contributed by atoms with E-state index in [4.69, 9.17) is 0 Å². The van der Waals surface area contributed by atoms with Crippen molar-refractivity contribution in [3.05, 3.63) is 42.1 Å².